The van der Waals surface area contributed by atoms with Crippen molar-refractivity contribution in [3.63, 3.8) is 0 Å². The fraction of sp³-hybridized carbons (Fsp3) is 0.680. The monoisotopic (exact) mass is 876 g/mol. The minimum atomic E-state index is -1.11. The number of hydrogen-bond donors (Lipinski definition) is 6. The average molecular weight is 876 g/mol. The summed E-state index contributed by atoms with van der Waals surface area (Å²) in [4.78, 5) is 44.8. The summed E-state index contributed by atoms with van der Waals surface area (Å²) in [6.45, 7) is 2.13. The number of aromatic hydroxyl groups is 1. The van der Waals surface area contributed by atoms with Crippen molar-refractivity contribution in [2.24, 2.45) is 0 Å². The lowest BCUT2D eigenvalue weighted by molar-refractivity contribution is -0.147. The average Bonchev–Trinajstić information content (AvgIpc) is 3.26. The Kier molecular flexibility index (Phi) is 43.6. The maximum Gasteiger partial charge on any atom is 0.339 e. The molecule has 0 radical (unpaired) electrons. The smallest absolute Gasteiger partial charge is 0.339 e. The number of aliphatic hydroxyl groups excluding tert-OH is 3. The second-order valence-corrected chi connectivity index (χ2v) is 16.0. The van der Waals surface area contributed by atoms with Crippen molar-refractivity contribution >= 4 is 23.8 Å². The lowest BCUT2D eigenvalue weighted by atomic mass is 10.0. The van der Waals surface area contributed by atoms with Crippen molar-refractivity contribution in [1.29, 1.82) is 0 Å². The number of rotatable bonds is 33. The molecule has 62 heavy (non-hydrogen) atoms. The second-order valence-electron chi connectivity index (χ2n) is 16.0. The second kappa shape index (κ2) is 45.0. The Morgan fingerprint density at radius 1 is 0.548 bits per heavy atom. The van der Waals surface area contributed by atoms with Gasteiger partial charge in [-0.05, 0) is 43.5 Å². The highest BCUT2D eigenvalue weighted by Crippen LogP contribution is 2.16. The topological polar surface area (TPSA) is 202 Å². The van der Waals surface area contributed by atoms with Gasteiger partial charge in [0.2, 0.25) is 5.91 Å². The molecule has 0 aliphatic rings. The SMILES string of the molecule is CCCCCCCCCCCCCCCCCC(=O)OCC(O)CO.CN(C)C(=O)CCCCCCCCCCCCO.O=C(O)c1ccccc1.O=C(O)c1ccccc1O. The molecule has 6 N–H and O–H groups in total. The molecule has 0 heterocycles. The van der Waals surface area contributed by atoms with E-state index in [1.807, 2.05) is 14.1 Å². The third-order valence-electron chi connectivity index (χ3n) is 10.1. The number of nitrogens with zero attached hydrogens (tertiary/aromatic N) is 1. The first-order valence-corrected chi connectivity index (χ1v) is 23.5. The number of carbonyl (C=O) groups is 4. The Balaban J connectivity index is 0. The molecular weight excluding hydrogens is 791 g/mol. The zero-order chi connectivity index (χ0) is 46.5. The summed E-state index contributed by atoms with van der Waals surface area (Å²) in [5.74, 6) is -2.22. The number of ether oxygens (including phenoxy) is 1. The molecule has 12 heteroatoms. The van der Waals surface area contributed by atoms with Gasteiger partial charge in [0.15, 0.2) is 0 Å². The van der Waals surface area contributed by atoms with Crippen LogP contribution in [0.25, 0.3) is 0 Å². The van der Waals surface area contributed by atoms with E-state index in [1.54, 1.807) is 47.4 Å². The summed E-state index contributed by atoms with van der Waals surface area (Å²) < 4.78 is 4.86. The Labute approximate surface area is 374 Å². The summed E-state index contributed by atoms with van der Waals surface area (Å²) in [5.41, 5.74) is 0.264. The van der Waals surface area contributed by atoms with E-state index < -0.39 is 18.0 Å². The molecule has 1 atom stereocenters. The van der Waals surface area contributed by atoms with Gasteiger partial charge in [-0.2, -0.15) is 0 Å². The van der Waals surface area contributed by atoms with Crippen molar-refractivity contribution in [3.8, 4) is 5.75 Å². The van der Waals surface area contributed by atoms with Gasteiger partial charge >= 0.3 is 17.9 Å². The molecule has 12 nitrogen and oxygen atoms in total. The highest BCUT2D eigenvalue weighted by molar-refractivity contribution is 5.90. The van der Waals surface area contributed by atoms with Crippen LogP contribution in [-0.4, -0.2) is 99.4 Å². The fourth-order valence-electron chi connectivity index (χ4n) is 6.22. The molecule has 0 spiro atoms. The number of carbonyl (C=O) groups excluding carboxylic acids is 2. The van der Waals surface area contributed by atoms with Crippen LogP contribution >= 0.6 is 0 Å². The minimum Gasteiger partial charge on any atom is -0.507 e. The van der Waals surface area contributed by atoms with E-state index in [1.165, 1.54) is 147 Å². The fourth-order valence-corrected chi connectivity index (χ4v) is 6.22. The van der Waals surface area contributed by atoms with Gasteiger partial charge in [-0.3, -0.25) is 9.59 Å². The zero-order valence-corrected chi connectivity index (χ0v) is 38.7. The molecule has 0 fully saturated rings. The van der Waals surface area contributed by atoms with Crippen LogP contribution in [0.1, 0.15) is 201 Å². The zero-order valence-electron chi connectivity index (χ0n) is 38.7. The van der Waals surface area contributed by atoms with E-state index in [4.69, 9.17) is 35.4 Å². The quantitative estimate of drug-likeness (QED) is 0.0294. The number of amides is 1. The molecule has 2 aromatic carbocycles. The standard InChI is InChI=1S/C21H42O4.C15H31NO2.C7H6O3.C7H6O2/c1-2-3-4-5-6-7-8-9-10-11-12-13-14-15-16-17-21(24)25-19-20(23)18-22;1-16(2)15(18)13-11-9-7-5-3-4-6-8-10-12-14-17;8-6-4-2-1-3-5(6)7(9)10;8-7(9)6-4-2-1-3-5-6/h20,22-23H,2-19H2,1H3;17H,3-14H2,1-2H3;1-4,8H,(H,9,10);1-5H,(H,8,9). The van der Waals surface area contributed by atoms with Gasteiger partial charge in [0.05, 0.1) is 12.2 Å². The van der Waals surface area contributed by atoms with E-state index >= 15 is 0 Å². The normalized spacial score (nSPS) is 10.8. The van der Waals surface area contributed by atoms with Gasteiger partial charge in [0, 0.05) is 33.5 Å². The lowest BCUT2D eigenvalue weighted by Crippen LogP contribution is -2.21. The van der Waals surface area contributed by atoms with Crippen LogP contribution in [0, 0.1) is 0 Å². The molecular formula is C50H85NO11. The Morgan fingerprint density at radius 3 is 1.31 bits per heavy atom. The van der Waals surface area contributed by atoms with Crippen LogP contribution in [0.2, 0.25) is 0 Å². The van der Waals surface area contributed by atoms with Gasteiger partial charge in [0.1, 0.15) is 24.0 Å². The molecule has 0 bridgehead atoms. The summed E-state index contributed by atoms with van der Waals surface area (Å²) in [6.07, 6.45) is 31.9. The molecule has 356 valence electrons. The van der Waals surface area contributed by atoms with Crippen LogP contribution < -0.4 is 0 Å². The number of benzene rings is 2. The predicted molar refractivity (Wildman–Crippen MR) is 249 cm³/mol. The molecule has 0 aromatic heterocycles. The number of para-hydroxylation sites is 1. The molecule has 0 saturated carbocycles. The van der Waals surface area contributed by atoms with Gasteiger partial charge in [0.25, 0.3) is 0 Å². The summed E-state index contributed by atoms with van der Waals surface area (Å²) >= 11 is 0. The minimum absolute atomic E-state index is 0.0671. The number of carboxylic acid groups (broad SMARTS) is 2. The Morgan fingerprint density at radius 2 is 0.952 bits per heavy atom. The molecule has 2 rings (SSSR count). The van der Waals surface area contributed by atoms with E-state index in [2.05, 4.69) is 6.92 Å². The summed E-state index contributed by atoms with van der Waals surface area (Å²) in [5, 5.41) is 52.0. The number of hydrogen-bond acceptors (Lipinski definition) is 9. The maximum atomic E-state index is 11.4. The van der Waals surface area contributed by atoms with E-state index in [0.29, 0.717) is 25.0 Å². The number of aromatic carboxylic acids is 2. The third kappa shape index (κ3) is 41.4. The molecule has 0 aliphatic heterocycles. The maximum absolute atomic E-state index is 11.4. The Bertz CT molecular complexity index is 1340. The van der Waals surface area contributed by atoms with Crippen LogP contribution in [0.4, 0.5) is 0 Å². The van der Waals surface area contributed by atoms with Crippen LogP contribution in [0.3, 0.4) is 0 Å². The van der Waals surface area contributed by atoms with Gasteiger partial charge in [-0.15, -0.1) is 0 Å². The van der Waals surface area contributed by atoms with Crippen LogP contribution in [0.5, 0.6) is 5.75 Å². The van der Waals surface area contributed by atoms with Crippen LogP contribution in [0.15, 0.2) is 54.6 Å². The van der Waals surface area contributed by atoms with E-state index in [0.717, 1.165) is 25.7 Å². The first kappa shape index (κ1) is 60.1. The first-order chi connectivity index (χ1) is 29.9. The first-order valence-electron chi connectivity index (χ1n) is 23.5. The van der Waals surface area contributed by atoms with Crippen molar-refractivity contribution in [2.75, 3.05) is 33.9 Å². The highest BCUT2D eigenvalue weighted by Gasteiger charge is 2.08. The van der Waals surface area contributed by atoms with Crippen molar-refractivity contribution in [3.05, 3.63) is 65.7 Å². The van der Waals surface area contributed by atoms with E-state index in [9.17, 15) is 19.2 Å². The summed E-state index contributed by atoms with van der Waals surface area (Å²) in [6, 6.07) is 14.1. The van der Waals surface area contributed by atoms with Crippen LogP contribution in [-0.2, 0) is 14.3 Å². The van der Waals surface area contributed by atoms with Crippen molar-refractivity contribution in [2.45, 2.75) is 186 Å². The van der Waals surface area contributed by atoms with Gasteiger partial charge in [-0.25, -0.2) is 9.59 Å². The molecule has 1 unspecified atom stereocenters. The summed E-state index contributed by atoms with van der Waals surface area (Å²) in [7, 11) is 3.64. The molecule has 1 amide bonds. The lowest BCUT2D eigenvalue weighted by Gasteiger charge is -2.09. The number of esters is 1. The molecule has 0 saturated heterocycles. The number of unbranched alkanes of at least 4 members (excludes halogenated alkanes) is 23. The third-order valence-corrected chi connectivity index (χ3v) is 10.1. The number of carboxylic acids is 2. The molecule has 2 aromatic rings. The number of aliphatic hydroxyl groups is 3. The highest BCUT2D eigenvalue weighted by atomic mass is 16.5. The van der Waals surface area contributed by atoms with Gasteiger partial charge < -0.3 is 40.3 Å². The van der Waals surface area contributed by atoms with Crippen molar-refractivity contribution in [1.82, 2.24) is 4.90 Å². The van der Waals surface area contributed by atoms with Crippen molar-refractivity contribution < 1.29 is 54.6 Å². The largest absolute Gasteiger partial charge is 0.507 e. The molecule has 0 aliphatic carbocycles. The predicted octanol–water partition coefficient (Wildman–Crippen LogP) is 11.0. The van der Waals surface area contributed by atoms with E-state index in [-0.39, 0.29) is 36.4 Å². The van der Waals surface area contributed by atoms with Gasteiger partial charge in [-0.1, -0.05) is 179 Å². The number of phenols is 1. The Hall–Kier alpha value is -4.00.